The van der Waals surface area contributed by atoms with Crippen molar-refractivity contribution in [2.75, 3.05) is 5.32 Å². The zero-order chi connectivity index (χ0) is 14.8. The Labute approximate surface area is 121 Å². The molecule has 2 aromatic rings. The summed E-state index contributed by atoms with van der Waals surface area (Å²) in [5, 5.41) is 22.5. The Morgan fingerprint density at radius 2 is 2.38 bits per heavy atom. The normalized spacial score (nSPS) is 21.9. The molecule has 0 bridgehead atoms. The van der Waals surface area contributed by atoms with Gasteiger partial charge in [0.05, 0.1) is 11.8 Å². The molecule has 2 heterocycles. The number of aromatic amines is 1. The van der Waals surface area contributed by atoms with Crippen molar-refractivity contribution in [3.8, 4) is 6.07 Å². The van der Waals surface area contributed by atoms with Crippen LogP contribution in [-0.2, 0) is 0 Å². The second kappa shape index (κ2) is 5.44. The number of nitrogens with one attached hydrogen (secondary N) is 2. The van der Waals surface area contributed by atoms with Gasteiger partial charge in [0.15, 0.2) is 0 Å². The van der Waals surface area contributed by atoms with Crippen LogP contribution in [-0.4, -0.2) is 27.1 Å². The van der Waals surface area contributed by atoms with Crippen LogP contribution in [0.2, 0.25) is 0 Å². The fourth-order valence-corrected chi connectivity index (χ4v) is 2.97. The lowest BCUT2D eigenvalue weighted by atomic mass is 9.86. The van der Waals surface area contributed by atoms with Crippen LogP contribution < -0.4 is 5.32 Å². The molecule has 0 saturated heterocycles. The lowest BCUT2D eigenvalue weighted by Gasteiger charge is -2.27. The first-order valence-electron chi connectivity index (χ1n) is 7.04. The zero-order valence-corrected chi connectivity index (χ0v) is 11.5. The predicted octanol–water partition coefficient (Wildman–Crippen LogP) is 2.76. The van der Waals surface area contributed by atoms with E-state index >= 15 is 0 Å². The molecule has 3 rings (SSSR count). The summed E-state index contributed by atoms with van der Waals surface area (Å²) in [6.45, 7) is 0. The maximum absolute atomic E-state index is 11.4. The number of nitriles is 1. The third-order valence-corrected chi connectivity index (χ3v) is 4.02. The highest BCUT2D eigenvalue weighted by molar-refractivity contribution is 6.03. The number of carboxylic acids is 1. The number of carbonyl (C=O) groups is 1. The molecule has 1 fully saturated rings. The van der Waals surface area contributed by atoms with Crippen LogP contribution in [0.15, 0.2) is 18.5 Å². The highest BCUT2D eigenvalue weighted by Crippen LogP contribution is 2.31. The molecule has 0 radical (unpaired) electrons. The summed E-state index contributed by atoms with van der Waals surface area (Å²) in [6, 6.07) is 4.26. The van der Waals surface area contributed by atoms with E-state index in [-0.39, 0.29) is 17.5 Å². The molecular formula is C15H16N4O2. The van der Waals surface area contributed by atoms with Gasteiger partial charge in [-0.1, -0.05) is 6.42 Å². The zero-order valence-electron chi connectivity index (χ0n) is 11.5. The molecule has 1 aliphatic carbocycles. The lowest BCUT2D eigenvalue weighted by molar-refractivity contribution is 0.0697. The first-order valence-corrected chi connectivity index (χ1v) is 7.04. The van der Waals surface area contributed by atoms with E-state index in [1.165, 1.54) is 6.20 Å². The number of aromatic carboxylic acids is 1. The Morgan fingerprint density at radius 1 is 1.52 bits per heavy atom. The number of hydrogen-bond donors (Lipinski definition) is 3. The Kier molecular flexibility index (Phi) is 3.48. The fraction of sp³-hybridized carbons (Fsp3) is 0.400. The van der Waals surface area contributed by atoms with E-state index in [0.29, 0.717) is 11.3 Å². The summed E-state index contributed by atoms with van der Waals surface area (Å²) in [7, 11) is 0. The van der Waals surface area contributed by atoms with Gasteiger partial charge in [-0.2, -0.15) is 5.26 Å². The van der Waals surface area contributed by atoms with Crippen LogP contribution in [0.4, 0.5) is 5.69 Å². The average Bonchev–Trinajstić information content (AvgIpc) is 2.96. The number of carboxylic acid groups (broad SMARTS) is 1. The Hall–Kier alpha value is -2.55. The molecule has 108 valence electrons. The number of fused-ring (bicyclic) bond motifs is 1. The minimum absolute atomic E-state index is 0.0491. The third-order valence-electron chi connectivity index (χ3n) is 4.02. The van der Waals surface area contributed by atoms with Gasteiger partial charge in [-0.15, -0.1) is 0 Å². The van der Waals surface area contributed by atoms with Crippen LogP contribution >= 0.6 is 0 Å². The molecule has 0 aliphatic heterocycles. The molecule has 1 saturated carbocycles. The average molecular weight is 284 g/mol. The summed E-state index contributed by atoms with van der Waals surface area (Å²) < 4.78 is 0. The summed E-state index contributed by atoms with van der Waals surface area (Å²) in [6.07, 6.45) is 6.73. The van der Waals surface area contributed by atoms with E-state index in [9.17, 15) is 9.90 Å². The van der Waals surface area contributed by atoms with Crippen molar-refractivity contribution < 1.29 is 9.90 Å². The molecule has 6 heteroatoms. The SMILES string of the molecule is N#CC1CCCC(Nc2c(C(=O)O)cnc3[nH]ccc23)C1. The van der Waals surface area contributed by atoms with E-state index in [0.717, 1.165) is 31.1 Å². The fourth-order valence-electron chi connectivity index (χ4n) is 2.97. The summed E-state index contributed by atoms with van der Waals surface area (Å²) in [5.74, 6) is -0.950. The van der Waals surface area contributed by atoms with Gasteiger partial charge in [0, 0.05) is 29.7 Å². The highest BCUT2D eigenvalue weighted by atomic mass is 16.4. The second-order valence-electron chi connectivity index (χ2n) is 5.43. The van der Waals surface area contributed by atoms with Crippen LogP contribution in [0.25, 0.3) is 11.0 Å². The van der Waals surface area contributed by atoms with E-state index in [2.05, 4.69) is 21.4 Å². The predicted molar refractivity (Wildman–Crippen MR) is 78.0 cm³/mol. The van der Waals surface area contributed by atoms with Gasteiger partial charge in [0.2, 0.25) is 0 Å². The molecule has 6 nitrogen and oxygen atoms in total. The minimum atomic E-state index is -0.999. The van der Waals surface area contributed by atoms with Crippen molar-refractivity contribution in [3.05, 3.63) is 24.0 Å². The van der Waals surface area contributed by atoms with Crippen LogP contribution in [0.3, 0.4) is 0 Å². The molecule has 0 spiro atoms. The van der Waals surface area contributed by atoms with Gasteiger partial charge in [0.1, 0.15) is 11.2 Å². The van der Waals surface area contributed by atoms with E-state index in [1.54, 1.807) is 6.20 Å². The van der Waals surface area contributed by atoms with Crippen LogP contribution in [0, 0.1) is 17.2 Å². The molecule has 2 atom stereocenters. The second-order valence-corrected chi connectivity index (χ2v) is 5.43. The molecule has 0 aromatic carbocycles. The smallest absolute Gasteiger partial charge is 0.339 e. The first kappa shape index (κ1) is 13.4. The van der Waals surface area contributed by atoms with Crippen molar-refractivity contribution >= 4 is 22.7 Å². The molecule has 2 unspecified atom stereocenters. The molecule has 3 N–H and O–H groups in total. The molecule has 1 aliphatic rings. The topological polar surface area (TPSA) is 102 Å². The number of nitrogens with zero attached hydrogens (tertiary/aromatic N) is 2. The van der Waals surface area contributed by atoms with Crippen molar-refractivity contribution in [1.29, 1.82) is 5.26 Å². The minimum Gasteiger partial charge on any atom is -0.478 e. The standard InChI is InChI=1S/C15H16N4O2/c16-7-9-2-1-3-10(6-9)19-13-11-4-5-17-14(11)18-8-12(13)15(20)21/h4-5,8-10H,1-3,6H2,(H,20,21)(H2,17,18,19). The maximum atomic E-state index is 11.4. The number of anilines is 1. The van der Waals surface area contributed by atoms with E-state index in [4.69, 9.17) is 5.26 Å². The van der Waals surface area contributed by atoms with Crippen molar-refractivity contribution in [3.63, 3.8) is 0 Å². The number of rotatable bonds is 3. The lowest BCUT2D eigenvalue weighted by Crippen LogP contribution is -2.27. The number of aromatic nitrogens is 2. The van der Waals surface area contributed by atoms with Gasteiger partial charge in [-0.3, -0.25) is 0 Å². The van der Waals surface area contributed by atoms with Gasteiger partial charge in [-0.05, 0) is 25.3 Å². The first-order chi connectivity index (χ1) is 10.2. The molecule has 21 heavy (non-hydrogen) atoms. The molecular weight excluding hydrogens is 268 g/mol. The molecule has 0 amide bonds. The molecule has 2 aromatic heterocycles. The summed E-state index contributed by atoms with van der Waals surface area (Å²) in [5.41, 5.74) is 1.42. The van der Waals surface area contributed by atoms with E-state index < -0.39 is 5.97 Å². The van der Waals surface area contributed by atoms with Crippen LogP contribution in [0.5, 0.6) is 0 Å². The number of hydrogen-bond acceptors (Lipinski definition) is 4. The maximum Gasteiger partial charge on any atom is 0.339 e. The van der Waals surface area contributed by atoms with Gasteiger partial charge in [0.25, 0.3) is 0 Å². The Balaban J connectivity index is 1.95. The summed E-state index contributed by atoms with van der Waals surface area (Å²) in [4.78, 5) is 18.5. The van der Waals surface area contributed by atoms with Crippen LogP contribution in [0.1, 0.15) is 36.0 Å². The quantitative estimate of drug-likeness (QED) is 0.804. The van der Waals surface area contributed by atoms with E-state index in [1.807, 2.05) is 6.07 Å². The van der Waals surface area contributed by atoms with Crippen molar-refractivity contribution in [2.45, 2.75) is 31.7 Å². The van der Waals surface area contributed by atoms with Crippen molar-refractivity contribution in [2.24, 2.45) is 5.92 Å². The Bertz CT molecular complexity index is 716. The van der Waals surface area contributed by atoms with Gasteiger partial charge in [-0.25, -0.2) is 9.78 Å². The number of H-pyrrole nitrogens is 1. The Morgan fingerprint density at radius 3 is 3.14 bits per heavy atom. The highest BCUT2D eigenvalue weighted by Gasteiger charge is 2.24. The third kappa shape index (κ3) is 2.55. The van der Waals surface area contributed by atoms with Crippen molar-refractivity contribution in [1.82, 2.24) is 9.97 Å². The van der Waals surface area contributed by atoms with Gasteiger partial charge >= 0.3 is 5.97 Å². The summed E-state index contributed by atoms with van der Waals surface area (Å²) >= 11 is 0. The monoisotopic (exact) mass is 284 g/mol. The largest absolute Gasteiger partial charge is 0.478 e. The van der Waals surface area contributed by atoms with Gasteiger partial charge < -0.3 is 15.4 Å². The number of pyridine rings is 1.